The van der Waals surface area contributed by atoms with Gasteiger partial charge in [-0.3, -0.25) is 9.48 Å². The van der Waals surface area contributed by atoms with Crippen LogP contribution in [0, 0.1) is 0 Å². The maximum atomic E-state index is 11.8. The number of amides is 1. The average molecular weight is 322 g/mol. The van der Waals surface area contributed by atoms with Crippen molar-refractivity contribution in [1.82, 2.24) is 15.1 Å². The summed E-state index contributed by atoms with van der Waals surface area (Å²) in [6.45, 7) is 2.57. The molecule has 2 rings (SSSR count). The molecule has 1 amide bonds. The van der Waals surface area contributed by atoms with Gasteiger partial charge < -0.3 is 5.32 Å². The van der Waals surface area contributed by atoms with Crippen LogP contribution in [-0.2, 0) is 11.3 Å². The molecular weight excluding hydrogens is 306 g/mol. The highest BCUT2D eigenvalue weighted by Crippen LogP contribution is 2.11. The predicted molar refractivity (Wildman–Crippen MR) is 77.5 cm³/mol. The average Bonchev–Trinajstić information content (AvgIpc) is 2.83. The van der Waals surface area contributed by atoms with Crippen LogP contribution in [0.3, 0.4) is 0 Å². The molecule has 5 heteroatoms. The van der Waals surface area contributed by atoms with Crippen molar-refractivity contribution >= 4 is 21.8 Å². The Morgan fingerprint density at radius 2 is 2.16 bits per heavy atom. The normalized spacial score (nSPS) is 12.1. The standard InChI is InChI=1S/C14H16BrN3O/c1-11(12-5-3-2-4-6-12)17-14(19)7-8-18-10-13(15)9-16-18/h2-6,9-11H,7-8H2,1H3,(H,17,19)/t11-/m1/s1. The van der Waals surface area contributed by atoms with E-state index >= 15 is 0 Å². The van der Waals surface area contributed by atoms with Gasteiger partial charge in [0.15, 0.2) is 0 Å². The molecule has 0 aliphatic carbocycles. The van der Waals surface area contributed by atoms with Gasteiger partial charge in [-0.2, -0.15) is 5.10 Å². The molecule has 0 bridgehead atoms. The smallest absolute Gasteiger partial charge is 0.222 e. The molecule has 100 valence electrons. The van der Waals surface area contributed by atoms with Crippen molar-refractivity contribution in [2.24, 2.45) is 0 Å². The van der Waals surface area contributed by atoms with Crippen LogP contribution in [0.15, 0.2) is 47.2 Å². The van der Waals surface area contributed by atoms with E-state index in [-0.39, 0.29) is 11.9 Å². The molecular formula is C14H16BrN3O. The first-order chi connectivity index (χ1) is 9.15. The van der Waals surface area contributed by atoms with Crippen molar-refractivity contribution in [1.29, 1.82) is 0 Å². The zero-order chi connectivity index (χ0) is 13.7. The lowest BCUT2D eigenvalue weighted by Gasteiger charge is -2.14. The molecule has 1 atom stereocenters. The number of aromatic nitrogens is 2. The van der Waals surface area contributed by atoms with E-state index in [4.69, 9.17) is 0 Å². The molecule has 4 nitrogen and oxygen atoms in total. The molecule has 0 radical (unpaired) electrons. The highest BCUT2D eigenvalue weighted by atomic mass is 79.9. The first-order valence-corrected chi connectivity index (χ1v) is 6.97. The second-order valence-corrected chi connectivity index (χ2v) is 5.29. The number of rotatable bonds is 5. The van der Waals surface area contributed by atoms with E-state index in [0.29, 0.717) is 13.0 Å². The molecule has 0 fully saturated rings. The SMILES string of the molecule is C[C@@H](NC(=O)CCn1cc(Br)cn1)c1ccccc1. The third kappa shape index (κ3) is 4.21. The van der Waals surface area contributed by atoms with Gasteiger partial charge in [-0.25, -0.2) is 0 Å². The molecule has 0 spiro atoms. The van der Waals surface area contributed by atoms with Gasteiger partial charge in [-0.05, 0) is 28.4 Å². The van der Waals surface area contributed by atoms with Gasteiger partial charge in [0.2, 0.25) is 5.91 Å². The summed E-state index contributed by atoms with van der Waals surface area (Å²) in [5.74, 6) is 0.0305. The van der Waals surface area contributed by atoms with E-state index in [1.807, 2.05) is 43.5 Å². The zero-order valence-electron chi connectivity index (χ0n) is 10.7. The van der Waals surface area contributed by atoms with Crippen LogP contribution < -0.4 is 5.32 Å². The summed E-state index contributed by atoms with van der Waals surface area (Å²) >= 11 is 3.33. The number of nitrogens with zero attached hydrogens (tertiary/aromatic N) is 2. The molecule has 0 aliphatic heterocycles. The predicted octanol–water partition coefficient (Wildman–Crippen LogP) is 2.91. The first-order valence-electron chi connectivity index (χ1n) is 6.17. The Bertz CT molecular complexity index is 539. The quantitative estimate of drug-likeness (QED) is 0.920. The van der Waals surface area contributed by atoms with Gasteiger partial charge in [0, 0.05) is 19.2 Å². The third-order valence-corrected chi connectivity index (χ3v) is 3.26. The molecule has 19 heavy (non-hydrogen) atoms. The second kappa shape index (κ2) is 6.52. The van der Waals surface area contributed by atoms with Gasteiger partial charge in [0.25, 0.3) is 0 Å². The maximum Gasteiger partial charge on any atom is 0.222 e. The number of carbonyl (C=O) groups is 1. The van der Waals surface area contributed by atoms with Crippen LogP contribution in [0.25, 0.3) is 0 Å². The van der Waals surface area contributed by atoms with Crippen molar-refractivity contribution in [3.8, 4) is 0 Å². The summed E-state index contributed by atoms with van der Waals surface area (Å²) in [6, 6.07) is 9.95. The minimum Gasteiger partial charge on any atom is -0.350 e. The molecule has 1 N–H and O–H groups in total. The number of aryl methyl sites for hydroxylation is 1. The minimum atomic E-state index is 0.0260. The fourth-order valence-corrected chi connectivity index (χ4v) is 2.14. The van der Waals surface area contributed by atoms with Gasteiger partial charge in [-0.1, -0.05) is 30.3 Å². The van der Waals surface area contributed by atoms with Crippen molar-refractivity contribution in [2.75, 3.05) is 0 Å². The number of carbonyl (C=O) groups excluding carboxylic acids is 1. The van der Waals surface area contributed by atoms with Crippen LogP contribution in [0.1, 0.15) is 24.9 Å². The molecule has 1 aromatic heterocycles. The third-order valence-electron chi connectivity index (χ3n) is 2.85. The van der Waals surface area contributed by atoms with Gasteiger partial charge in [0.1, 0.15) is 0 Å². The Labute approximate surface area is 120 Å². The van der Waals surface area contributed by atoms with E-state index in [9.17, 15) is 4.79 Å². The van der Waals surface area contributed by atoms with Crippen molar-refractivity contribution in [2.45, 2.75) is 25.9 Å². The zero-order valence-corrected chi connectivity index (χ0v) is 12.3. The topological polar surface area (TPSA) is 46.9 Å². The Morgan fingerprint density at radius 1 is 1.42 bits per heavy atom. The lowest BCUT2D eigenvalue weighted by molar-refractivity contribution is -0.122. The molecule has 1 aromatic carbocycles. The molecule has 1 heterocycles. The molecule has 0 aliphatic rings. The number of benzene rings is 1. The second-order valence-electron chi connectivity index (χ2n) is 4.37. The summed E-state index contributed by atoms with van der Waals surface area (Å²) in [6.07, 6.45) is 3.99. The number of halogens is 1. The fraction of sp³-hybridized carbons (Fsp3) is 0.286. The van der Waals surface area contributed by atoms with E-state index in [0.717, 1.165) is 10.0 Å². The van der Waals surface area contributed by atoms with E-state index in [1.54, 1.807) is 10.9 Å². The highest BCUT2D eigenvalue weighted by Gasteiger charge is 2.09. The summed E-state index contributed by atoms with van der Waals surface area (Å²) < 4.78 is 2.67. The minimum absolute atomic E-state index is 0.0260. The van der Waals surface area contributed by atoms with Gasteiger partial charge in [-0.15, -0.1) is 0 Å². The van der Waals surface area contributed by atoms with E-state index < -0.39 is 0 Å². The summed E-state index contributed by atoms with van der Waals surface area (Å²) in [5.41, 5.74) is 1.11. The lowest BCUT2D eigenvalue weighted by Crippen LogP contribution is -2.27. The Hall–Kier alpha value is -1.62. The summed E-state index contributed by atoms with van der Waals surface area (Å²) in [4.78, 5) is 11.8. The number of nitrogens with one attached hydrogen (secondary N) is 1. The maximum absolute atomic E-state index is 11.8. The molecule has 0 saturated carbocycles. The van der Waals surface area contributed by atoms with Crippen molar-refractivity contribution < 1.29 is 4.79 Å². The van der Waals surface area contributed by atoms with Crippen LogP contribution >= 0.6 is 15.9 Å². The van der Waals surface area contributed by atoms with Gasteiger partial charge >= 0.3 is 0 Å². The Morgan fingerprint density at radius 3 is 2.79 bits per heavy atom. The number of hydrogen-bond donors (Lipinski definition) is 1. The Kier molecular flexibility index (Phi) is 4.74. The largest absolute Gasteiger partial charge is 0.350 e. The summed E-state index contributed by atoms with van der Waals surface area (Å²) in [5, 5.41) is 7.10. The van der Waals surface area contributed by atoms with Crippen molar-refractivity contribution in [3.05, 3.63) is 52.8 Å². The first kappa shape index (κ1) is 13.8. The van der Waals surface area contributed by atoms with Crippen LogP contribution in [0.2, 0.25) is 0 Å². The number of hydrogen-bond acceptors (Lipinski definition) is 2. The molecule has 0 saturated heterocycles. The van der Waals surface area contributed by atoms with E-state index in [1.165, 1.54) is 0 Å². The van der Waals surface area contributed by atoms with Crippen molar-refractivity contribution in [3.63, 3.8) is 0 Å². The van der Waals surface area contributed by atoms with Gasteiger partial charge in [0.05, 0.1) is 16.7 Å². The highest BCUT2D eigenvalue weighted by molar-refractivity contribution is 9.10. The lowest BCUT2D eigenvalue weighted by atomic mass is 10.1. The summed E-state index contributed by atoms with van der Waals surface area (Å²) in [7, 11) is 0. The van der Waals surface area contributed by atoms with Crippen LogP contribution in [0.4, 0.5) is 0 Å². The monoisotopic (exact) mass is 321 g/mol. The van der Waals surface area contributed by atoms with E-state index in [2.05, 4.69) is 26.3 Å². The van der Waals surface area contributed by atoms with Crippen LogP contribution in [0.5, 0.6) is 0 Å². The fourth-order valence-electron chi connectivity index (χ4n) is 1.82. The molecule has 2 aromatic rings. The Balaban J connectivity index is 1.81. The molecule has 0 unspecified atom stereocenters. The van der Waals surface area contributed by atoms with Crippen LogP contribution in [-0.4, -0.2) is 15.7 Å².